The zero-order valence-corrected chi connectivity index (χ0v) is 12.6. The monoisotopic (exact) mass is 335 g/mol. The molecule has 0 saturated heterocycles. The summed E-state index contributed by atoms with van der Waals surface area (Å²) in [5.41, 5.74) is -0.502. The molecule has 2 heterocycles. The first-order valence-electron chi connectivity index (χ1n) is 7.24. The fourth-order valence-corrected chi connectivity index (χ4v) is 2.43. The Morgan fingerprint density at radius 1 is 1.08 bits per heavy atom. The molecule has 0 fully saturated rings. The molecule has 0 saturated carbocycles. The van der Waals surface area contributed by atoms with Gasteiger partial charge in [0.05, 0.1) is 11.6 Å². The molecule has 7 nitrogen and oxygen atoms in total. The first-order valence-corrected chi connectivity index (χ1v) is 7.24. The lowest BCUT2D eigenvalue weighted by Crippen LogP contribution is -2.18. The third-order valence-electron chi connectivity index (χ3n) is 3.64. The lowest BCUT2D eigenvalue weighted by atomic mass is 10.1. The molecule has 2 aromatic carbocycles. The number of ether oxygens (including phenoxy) is 3. The van der Waals surface area contributed by atoms with Gasteiger partial charge in [-0.05, 0) is 36.4 Å². The summed E-state index contributed by atoms with van der Waals surface area (Å²) < 4.78 is 20.7. The van der Waals surface area contributed by atoms with E-state index in [9.17, 15) is 9.59 Å². The van der Waals surface area contributed by atoms with Gasteiger partial charge < -0.3 is 18.6 Å². The largest absolute Gasteiger partial charge is 0.454 e. The van der Waals surface area contributed by atoms with E-state index in [1.54, 1.807) is 18.2 Å². The molecule has 1 aliphatic rings. The summed E-state index contributed by atoms with van der Waals surface area (Å²) in [6.45, 7) is 0.103. The van der Waals surface area contributed by atoms with E-state index in [-0.39, 0.29) is 23.7 Å². The normalized spacial score (nSPS) is 12.0. The van der Waals surface area contributed by atoms with Crippen molar-refractivity contribution in [2.75, 3.05) is 6.79 Å². The molecule has 0 aliphatic carbocycles. The molecule has 0 spiro atoms. The number of fused-ring (bicyclic) bond motifs is 2. The molecule has 122 valence electrons. The Balaban J connectivity index is 1.67. The van der Waals surface area contributed by atoms with Crippen molar-refractivity contribution >= 4 is 16.9 Å². The summed E-state index contributed by atoms with van der Waals surface area (Å²) in [7, 11) is 0. The van der Waals surface area contributed by atoms with Crippen LogP contribution in [0, 0.1) is 11.3 Å². The quantitative estimate of drug-likeness (QED) is 0.403. The summed E-state index contributed by atoms with van der Waals surface area (Å²) in [4.78, 5) is 24.4. The van der Waals surface area contributed by atoms with E-state index in [0.717, 1.165) is 0 Å². The number of hydrogen-bond donors (Lipinski definition) is 0. The van der Waals surface area contributed by atoms with Gasteiger partial charge in [-0.15, -0.1) is 0 Å². The summed E-state index contributed by atoms with van der Waals surface area (Å²) >= 11 is 0. The van der Waals surface area contributed by atoms with Crippen LogP contribution in [0.3, 0.4) is 0 Å². The lowest BCUT2D eigenvalue weighted by Gasteiger charge is -2.05. The van der Waals surface area contributed by atoms with Gasteiger partial charge in [0.25, 0.3) is 0 Å². The van der Waals surface area contributed by atoms with Gasteiger partial charge in [-0.1, -0.05) is 0 Å². The predicted molar refractivity (Wildman–Crippen MR) is 84.7 cm³/mol. The molecule has 1 aromatic heterocycles. The molecule has 0 amide bonds. The van der Waals surface area contributed by atoms with Gasteiger partial charge in [-0.25, -0.2) is 9.59 Å². The van der Waals surface area contributed by atoms with E-state index in [2.05, 4.69) is 0 Å². The second-order valence-electron chi connectivity index (χ2n) is 5.22. The van der Waals surface area contributed by atoms with E-state index in [1.807, 2.05) is 6.07 Å². The van der Waals surface area contributed by atoms with Gasteiger partial charge in [-0.2, -0.15) is 5.26 Å². The first kappa shape index (κ1) is 14.8. The SMILES string of the molecule is N#Cc1ccc2cc(C(=O)Oc3ccc4c(c3)OCO4)c(=O)oc2c1. The molecular weight excluding hydrogens is 326 g/mol. The Hall–Kier alpha value is -3.79. The van der Waals surface area contributed by atoms with E-state index in [4.69, 9.17) is 23.9 Å². The highest BCUT2D eigenvalue weighted by Crippen LogP contribution is 2.35. The van der Waals surface area contributed by atoms with E-state index < -0.39 is 11.6 Å². The van der Waals surface area contributed by atoms with Crippen molar-refractivity contribution in [3.8, 4) is 23.3 Å². The van der Waals surface area contributed by atoms with Crippen LogP contribution in [0.5, 0.6) is 17.2 Å². The average Bonchev–Trinajstić information content (AvgIpc) is 3.08. The molecule has 25 heavy (non-hydrogen) atoms. The maximum Gasteiger partial charge on any atom is 0.351 e. The Labute approximate surface area is 140 Å². The van der Waals surface area contributed by atoms with Crippen molar-refractivity contribution in [3.63, 3.8) is 0 Å². The standard InChI is InChI=1S/C18H9NO6/c19-8-10-1-2-11-6-13(18(21)25-15(11)5-10)17(20)24-12-3-4-14-16(7-12)23-9-22-14/h1-7H,9H2. The van der Waals surface area contributed by atoms with Crippen LogP contribution in [0.15, 0.2) is 51.7 Å². The fraction of sp³-hybridized carbons (Fsp3) is 0.0556. The van der Waals surface area contributed by atoms with Crippen molar-refractivity contribution < 1.29 is 23.4 Å². The van der Waals surface area contributed by atoms with Crippen LogP contribution < -0.4 is 19.8 Å². The zero-order valence-electron chi connectivity index (χ0n) is 12.6. The van der Waals surface area contributed by atoms with Gasteiger partial charge >= 0.3 is 11.6 Å². The highest BCUT2D eigenvalue weighted by Gasteiger charge is 2.19. The number of nitrogens with zero attached hydrogens (tertiary/aromatic N) is 1. The second-order valence-corrected chi connectivity index (χ2v) is 5.22. The number of rotatable bonds is 2. The van der Waals surface area contributed by atoms with Crippen LogP contribution in [-0.2, 0) is 0 Å². The van der Waals surface area contributed by atoms with Crippen LogP contribution in [-0.4, -0.2) is 12.8 Å². The first-order chi connectivity index (χ1) is 12.1. The van der Waals surface area contributed by atoms with Gasteiger partial charge in [0.1, 0.15) is 16.9 Å². The van der Waals surface area contributed by atoms with E-state index in [0.29, 0.717) is 22.4 Å². The van der Waals surface area contributed by atoms with E-state index in [1.165, 1.54) is 24.3 Å². The van der Waals surface area contributed by atoms with Crippen molar-refractivity contribution in [2.24, 2.45) is 0 Å². The van der Waals surface area contributed by atoms with Gasteiger partial charge in [0.15, 0.2) is 11.5 Å². The minimum absolute atomic E-state index is 0.103. The summed E-state index contributed by atoms with van der Waals surface area (Å²) in [6, 6.07) is 12.6. The van der Waals surface area contributed by atoms with Crippen LogP contribution in [0.4, 0.5) is 0 Å². The van der Waals surface area contributed by atoms with Gasteiger partial charge in [-0.3, -0.25) is 0 Å². The van der Waals surface area contributed by atoms with Crippen molar-refractivity contribution in [1.82, 2.24) is 0 Å². The minimum Gasteiger partial charge on any atom is -0.454 e. The van der Waals surface area contributed by atoms with Crippen molar-refractivity contribution in [2.45, 2.75) is 0 Å². The lowest BCUT2D eigenvalue weighted by molar-refractivity contribution is 0.0730. The molecule has 0 N–H and O–H groups in total. The van der Waals surface area contributed by atoms with Crippen LogP contribution in [0.2, 0.25) is 0 Å². The molecule has 0 radical (unpaired) electrons. The van der Waals surface area contributed by atoms with Gasteiger partial charge in [0.2, 0.25) is 6.79 Å². The average molecular weight is 335 g/mol. The third kappa shape index (κ3) is 2.66. The number of hydrogen-bond acceptors (Lipinski definition) is 7. The van der Waals surface area contributed by atoms with Gasteiger partial charge in [0, 0.05) is 11.5 Å². The van der Waals surface area contributed by atoms with Crippen molar-refractivity contribution in [3.05, 3.63) is 64.0 Å². The molecule has 0 atom stereocenters. The highest BCUT2D eigenvalue weighted by atomic mass is 16.7. The van der Waals surface area contributed by atoms with Crippen LogP contribution in [0.1, 0.15) is 15.9 Å². The van der Waals surface area contributed by atoms with E-state index >= 15 is 0 Å². The molecule has 1 aliphatic heterocycles. The molecular formula is C18H9NO6. The molecule has 0 bridgehead atoms. The zero-order chi connectivity index (χ0) is 17.4. The topological polar surface area (TPSA) is 98.8 Å². The second kappa shape index (κ2) is 5.69. The Morgan fingerprint density at radius 3 is 2.76 bits per heavy atom. The molecule has 0 unspecified atom stereocenters. The smallest absolute Gasteiger partial charge is 0.351 e. The fourth-order valence-electron chi connectivity index (χ4n) is 2.43. The minimum atomic E-state index is -0.848. The number of benzene rings is 2. The summed E-state index contributed by atoms with van der Waals surface area (Å²) in [5, 5.41) is 9.39. The number of carbonyl (C=O) groups is 1. The molecule has 4 rings (SSSR count). The Morgan fingerprint density at radius 2 is 1.92 bits per heavy atom. The number of carbonyl (C=O) groups excluding carboxylic acids is 1. The summed E-state index contributed by atoms with van der Waals surface area (Å²) in [6.07, 6.45) is 0. The maximum atomic E-state index is 12.3. The van der Waals surface area contributed by atoms with Crippen LogP contribution >= 0.6 is 0 Å². The summed E-state index contributed by atoms with van der Waals surface area (Å²) in [5.74, 6) is 0.380. The Bertz CT molecular complexity index is 1110. The number of nitriles is 1. The highest BCUT2D eigenvalue weighted by molar-refractivity contribution is 5.94. The Kier molecular flexibility index (Phi) is 3.36. The third-order valence-corrected chi connectivity index (χ3v) is 3.64. The predicted octanol–water partition coefficient (Wildman–Crippen LogP) is 2.61. The maximum absolute atomic E-state index is 12.3. The molecule has 3 aromatic rings. The number of esters is 1. The van der Waals surface area contributed by atoms with Crippen molar-refractivity contribution in [1.29, 1.82) is 5.26 Å². The van der Waals surface area contributed by atoms with Crippen LogP contribution in [0.25, 0.3) is 11.0 Å². The molecule has 7 heteroatoms.